The van der Waals surface area contributed by atoms with Gasteiger partial charge in [-0.1, -0.05) is 17.9 Å². The number of nitrogens with two attached hydrogens (primary N) is 1. The van der Waals surface area contributed by atoms with E-state index in [1.54, 1.807) is 12.1 Å². The van der Waals surface area contributed by atoms with Crippen molar-refractivity contribution in [2.75, 3.05) is 18.8 Å². The number of H-pyrrole nitrogens is 1. The number of sulfonamides is 1. The van der Waals surface area contributed by atoms with Gasteiger partial charge in [-0.3, -0.25) is 9.78 Å². The number of hydrogen-bond donors (Lipinski definition) is 2. The molecule has 1 aromatic heterocycles. The first kappa shape index (κ1) is 17.7. The highest BCUT2D eigenvalue weighted by Gasteiger charge is 2.27. The molecule has 0 fully saturated rings. The predicted molar refractivity (Wildman–Crippen MR) is 98.5 cm³/mol. The third kappa shape index (κ3) is 2.97. The Labute approximate surface area is 151 Å². The van der Waals surface area contributed by atoms with E-state index in [2.05, 4.69) is 21.8 Å². The van der Waals surface area contributed by atoms with Gasteiger partial charge in [-0.05, 0) is 36.1 Å². The van der Waals surface area contributed by atoms with Crippen molar-refractivity contribution in [2.45, 2.75) is 17.7 Å². The fourth-order valence-electron chi connectivity index (χ4n) is 3.01. The molecule has 0 radical (unpaired) electrons. The summed E-state index contributed by atoms with van der Waals surface area (Å²) in [7, 11) is -3.83. The van der Waals surface area contributed by atoms with Crippen molar-refractivity contribution >= 4 is 16.0 Å². The van der Waals surface area contributed by atoms with E-state index < -0.39 is 10.0 Å². The molecule has 0 bridgehead atoms. The summed E-state index contributed by atoms with van der Waals surface area (Å²) >= 11 is 0. The molecule has 0 unspecified atom stereocenters. The topological polar surface area (TPSA) is 109 Å². The quantitative estimate of drug-likeness (QED) is 0.758. The first-order valence-corrected chi connectivity index (χ1v) is 9.21. The molecule has 0 saturated heterocycles. The van der Waals surface area contributed by atoms with Crippen molar-refractivity contribution < 1.29 is 8.42 Å². The van der Waals surface area contributed by atoms with Crippen LogP contribution in [0.15, 0.2) is 27.9 Å². The Morgan fingerprint density at radius 2 is 1.92 bits per heavy atom. The molecule has 2 aromatic rings. The van der Waals surface area contributed by atoms with Gasteiger partial charge in [0.05, 0.1) is 29.2 Å². The van der Waals surface area contributed by atoms with E-state index in [0.29, 0.717) is 29.7 Å². The number of nitrogens with one attached hydrogen (secondary N) is 1. The molecule has 0 atom stereocenters. The summed E-state index contributed by atoms with van der Waals surface area (Å²) in [6.07, 6.45) is 11.5. The van der Waals surface area contributed by atoms with Crippen LogP contribution in [0.5, 0.6) is 0 Å². The summed E-state index contributed by atoms with van der Waals surface area (Å²) in [4.78, 5) is 19.0. The molecule has 0 aliphatic heterocycles. The van der Waals surface area contributed by atoms with Crippen molar-refractivity contribution in [1.82, 2.24) is 14.3 Å². The summed E-state index contributed by atoms with van der Waals surface area (Å²) in [5, 5.41) is 0. The minimum absolute atomic E-state index is 0.0654. The number of terminal acetylenes is 2. The summed E-state index contributed by atoms with van der Waals surface area (Å²) in [5.41, 5.74) is 7.68. The van der Waals surface area contributed by atoms with Crippen LogP contribution in [0.2, 0.25) is 0 Å². The van der Waals surface area contributed by atoms with Crippen LogP contribution < -0.4 is 11.3 Å². The normalized spacial score (nSPS) is 12.7. The van der Waals surface area contributed by atoms with Crippen molar-refractivity contribution in [1.29, 1.82) is 0 Å². The van der Waals surface area contributed by atoms with E-state index in [-0.39, 0.29) is 29.5 Å². The first-order chi connectivity index (χ1) is 12.4. The van der Waals surface area contributed by atoms with Crippen LogP contribution >= 0.6 is 0 Å². The third-order valence-corrected chi connectivity index (χ3v) is 5.95. The molecule has 7 nitrogen and oxygen atoms in total. The van der Waals surface area contributed by atoms with Gasteiger partial charge in [-0.25, -0.2) is 13.4 Å². The molecule has 1 heterocycles. The van der Waals surface area contributed by atoms with Crippen LogP contribution in [0.25, 0.3) is 11.1 Å². The van der Waals surface area contributed by atoms with Gasteiger partial charge in [0.2, 0.25) is 16.0 Å². The highest BCUT2D eigenvalue weighted by Crippen LogP contribution is 2.32. The zero-order chi connectivity index (χ0) is 18.9. The molecule has 3 N–H and O–H groups in total. The molecule has 1 aromatic carbocycles. The molecule has 3 rings (SSSR count). The Hall–Kier alpha value is -3.07. The molecular weight excluding hydrogens is 352 g/mol. The van der Waals surface area contributed by atoms with E-state index in [1.165, 1.54) is 6.07 Å². The summed E-state index contributed by atoms with van der Waals surface area (Å²) in [6.45, 7) is -0.232. The third-order valence-electron chi connectivity index (χ3n) is 4.16. The number of fused-ring (bicyclic) bond motifs is 3. The Balaban J connectivity index is 2.10. The summed E-state index contributed by atoms with van der Waals surface area (Å²) in [5.74, 6) is 4.67. The van der Waals surface area contributed by atoms with Crippen molar-refractivity contribution in [2.24, 2.45) is 0 Å². The first-order valence-electron chi connectivity index (χ1n) is 7.77. The van der Waals surface area contributed by atoms with Gasteiger partial charge in [0.25, 0.3) is 5.56 Å². The smallest absolute Gasteiger partial charge is 0.260 e. The fourth-order valence-corrected chi connectivity index (χ4v) is 4.33. The zero-order valence-electron chi connectivity index (χ0n) is 13.8. The summed E-state index contributed by atoms with van der Waals surface area (Å²) < 4.78 is 26.6. The minimum atomic E-state index is -3.83. The number of nitrogen functional groups attached to an aromatic ring is 1. The van der Waals surface area contributed by atoms with Crippen molar-refractivity contribution in [3.05, 3.63) is 39.8 Å². The number of aromatic nitrogens is 2. The Bertz CT molecular complexity index is 1100. The molecule has 0 saturated carbocycles. The molecular formula is C18H16N4O3S. The van der Waals surface area contributed by atoms with Gasteiger partial charge < -0.3 is 5.73 Å². The molecule has 1 aliphatic rings. The monoisotopic (exact) mass is 368 g/mol. The maximum absolute atomic E-state index is 12.8. The Kier molecular flexibility index (Phi) is 4.56. The summed E-state index contributed by atoms with van der Waals surface area (Å²) in [6, 6.07) is 4.61. The molecule has 26 heavy (non-hydrogen) atoms. The minimum Gasteiger partial charge on any atom is -0.369 e. The fraction of sp³-hybridized carbons (Fsp3) is 0.222. The number of benzene rings is 1. The molecule has 132 valence electrons. The highest BCUT2D eigenvalue weighted by atomic mass is 32.2. The Morgan fingerprint density at radius 3 is 2.58 bits per heavy atom. The second-order valence-corrected chi connectivity index (χ2v) is 7.71. The molecule has 1 aliphatic carbocycles. The van der Waals surface area contributed by atoms with Gasteiger partial charge in [0.1, 0.15) is 0 Å². The van der Waals surface area contributed by atoms with Gasteiger partial charge in [0, 0.05) is 0 Å². The van der Waals surface area contributed by atoms with E-state index >= 15 is 0 Å². The van der Waals surface area contributed by atoms with Gasteiger partial charge >= 0.3 is 0 Å². The van der Waals surface area contributed by atoms with Gasteiger partial charge in [0.15, 0.2) is 0 Å². The Morgan fingerprint density at radius 1 is 1.23 bits per heavy atom. The lowest BCUT2D eigenvalue weighted by Crippen LogP contribution is -2.32. The van der Waals surface area contributed by atoms with Gasteiger partial charge in [-0.15, -0.1) is 12.8 Å². The highest BCUT2D eigenvalue weighted by molar-refractivity contribution is 7.89. The lowest BCUT2D eigenvalue weighted by Gasteiger charge is -2.21. The van der Waals surface area contributed by atoms with Crippen LogP contribution in [-0.2, 0) is 22.9 Å². The van der Waals surface area contributed by atoms with Crippen LogP contribution in [0.4, 0.5) is 5.95 Å². The number of aryl methyl sites for hydroxylation is 2. The van der Waals surface area contributed by atoms with E-state index in [4.69, 9.17) is 18.6 Å². The van der Waals surface area contributed by atoms with Gasteiger partial charge in [-0.2, -0.15) is 4.31 Å². The second kappa shape index (κ2) is 6.68. The van der Waals surface area contributed by atoms with E-state index in [0.717, 1.165) is 9.87 Å². The SMILES string of the molecule is C#CCN(CC#C)S(=O)(=O)c1ccc2c(c1)CCc1nc(N)[nH]c(=O)c1-2. The average Bonchev–Trinajstić information content (AvgIpc) is 2.60. The average molecular weight is 368 g/mol. The molecule has 0 amide bonds. The lowest BCUT2D eigenvalue weighted by atomic mass is 9.89. The largest absolute Gasteiger partial charge is 0.369 e. The number of hydrogen-bond acceptors (Lipinski definition) is 5. The van der Waals surface area contributed by atoms with Crippen LogP contribution in [0.1, 0.15) is 11.3 Å². The maximum Gasteiger partial charge on any atom is 0.260 e. The molecule has 8 heteroatoms. The number of nitrogens with zero attached hydrogens (tertiary/aromatic N) is 2. The van der Waals surface area contributed by atoms with Crippen LogP contribution in [-0.4, -0.2) is 35.8 Å². The number of rotatable bonds is 4. The lowest BCUT2D eigenvalue weighted by molar-refractivity contribution is 0.482. The predicted octanol–water partition coefficient (Wildman–Crippen LogP) is 0.375. The molecule has 0 spiro atoms. The van der Waals surface area contributed by atoms with Crippen molar-refractivity contribution in [3.63, 3.8) is 0 Å². The van der Waals surface area contributed by atoms with E-state index in [1.807, 2.05) is 0 Å². The standard InChI is InChI=1S/C18H16N4O3S/c1-3-9-22(10-4-2)26(24,25)13-6-7-14-12(11-13)5-8-15-16(14)17(23)21-18(19)20-15/h1-2,6-7,11H,5,8-10H2,(H3,19,20,21,23). The zero-order valence-corrected chi connectivity index (χ0v) is 14.6. The van der Waals surface area contributed by atoms with E-state index in [9.17, 15) is 13.2 Å². The maximum atomic E-state index is 12.8. The second-order valence-electron chi connectivity index (χ2n) is 5.77. The van der Waals surface area contributed by atoms with Crippen molar-refractivity contribution in [3.8, 4) is 35.8 Å². The number of anilines is 1. The van der Waals surface area contributed by atoms with Crippen LogP contribution in [0, 0.1) is 24.7 Å². The number of aromatic amines is 1. The van der Waals surface area contributed by atoms with Crippen LogP contribution in [0.3, 0.4) is 0 Å².